The van der Waals surface area contributed by atoms with Gasteiger partial charge in [-0.25, -0.2) is 0 Å². The van der Waals surface area contributed by atoms with Crippen molar-refractivity contribution < 1.29 is 9.47 Å². The van der Waals surface area contributed by atoms with Crippen molar-refractivity contribution in [3.8, 4) is 34.3 Å². The van der Waals surface area contributed by atoms with E-state index in [2.05, 4.69) is 156 Å². The summed E-state index contributed by atoms with van der Waals surface area (Å²) in [6, 6.07) is 58.0. The van der Waals surface area contributed by atoms with Crippen LogP contribution in [0.2, 0.25) is 0 Å². The summed E-state index contributed by atoms with van der Waals surface area (Å²) in [6.07, 6.45) is 6.81. The van der Waals surface area contributed by atoms with E-state index in [1.54, 1.807) is 0 Å². The predicted octanol–water partition coefficient (Wildman–Crippen LogP) is 12.4. The first-order chi connectivity index (χ1) is 28.7. The van der Waals surface area contributed by atoms with Gasteiger partial charge in [0.2, 0.25) is 11.8 Å². The molecule has 0 aliphatic heterocycles. The maximum absolute atomic E-state index is 7.43. The van der Waals surface area contributed by atoms with Crippen LogP contribution in [0.1, 0.15) is 34.7 Å². The van der Waals surface area contributed by atoms with E-state index in [9.17, 15) is 0 Å². The molecular formula is C52H42N4O2. The van der Waals surface area contributed by atoms with Crippen molar-refractivity contribution in [3.63, 3.8) is 0 Å². The van der Waals surface area contributed by atoms with Gasteiger partial charge in [0.1, 0.15) is 5.56 Å². The van der Waals surface area contributed by atoms with E-state index in [0.29, 0.717) is 36.2 Å². The molecule has 0 bridgehead atoms. The maximum atomic E-state index is 7.43. The Morgan fingerprint density at radius 1 is 0.466 bits per heavy atom. The van der Waals surface area contributed by atoms with Gasteiger partial charge in [-0.1, -0.05) is 158 Å². The molecule has 2 atom stereocenters. The van der Waals surface area contributed by atoms with E-state index >= 15 is 0 Å². The molecule has 3 heterocycles. The third kappa shape index (κ3) is 7.08. The molecule has 0 unspecified atom stereocenters. The molecule has 282 valence electrons. The molecule has 0 amide bonds. The van der Waals surface area contributed by atoms with Crippen LogP contribution in [-0.4, -0.2) is 19.1 Å². The van der Waals surface area contributed by atoms with E-state index in [1.807, 2.05) is 60.7 Å². The number of allylic oxidation sites excluding steroid dienone is 2. The number of aromatic nitrogens is 4. The summed E-state index contributed by atoms with van der Waals surface area (Å²) >= 11 is 0. The van der Waals surface area contributed by atoms with Gasteiger partial charge in [0, 0.05) is 42.2 Å². The molecule has 6 heteroatoms. The van der Waals surface area contributed by atoms with E-state index in [4.69, 9.17) is 19.4 Å². The van der Waals surface area contributed by atoms with E-state index in [1.165, 1.54) is 0 Å². The Balaban J connectivity index is 1.31. The Morgan fingerprint density at radius 2 is 0.897 bits per heavy atom. The number of benzene rings is 6. The normalized spacial score (nSPS) is 12.3. The van der Waals surface area contributed by atoms with Gasteiger partial charge in [0.15, 0.2) is 18.0 Å². The summed E-state index contributed by atoms with van der Waals surface area (Å²) in [5.41, 5.74) is 6.31. The van der Waals surface area contributed by atoms with Crippen molar-refractivity contribution in [3.05, 3.63) is 230 Å². The molecule has 0 spiro atoms. The minimum atomic E-state index is -0.562. The van der Waals surface area contributed by atoms with Crippen molar-refractivity contribution in [2.75, 3.05) is 0 Å². The third-order valence-corrected chi connectivity index (χ3v) is 10.5. The lowest BCUT2D eigenvalue weighted by atomic mass is 9.98. The average Bonchev–Trinajstić information content (AvgIpc) is 3.95. The molecule has 6 aromatic carbocycles. The lowest BCUT2D eigenvalue weighted by molar-refractivity contribution is 0.215. The number of nitrogens with zero attached hydrogens (tertiary/aromatic N) is 4. The molecule has 0 radical (unpaired) electrons. The van der Waals surface area contributed by atoms with Gasteiger partial charge in [-0.15, -0.1) is 13.2 Å². The third-order valence-electron chi connectivity index (χ3n) is 10.5. The van der Waals surface area contributed by atoms with Crippen molar-refractivity contribution >= 4 is 21.5 Å². The van der Waals surface area contributed by atoms with Gasteiger partial charge < -0.3 is 18.6 Å². The molecule has 6 nitrogen and oxygen atoms in total. The van der Waals surface area contributed by atoms with Crippen LogP contribution in [0.4, 0.5) is 0 Å². The first-order valence-corrected chi connectivity index (χ1v) is 19.5. The largest absolute Gasteiger partial charge is 0.462 e. The zero-order valence-electron chi connectivity index (χ0n) is 32.1. The van der Waals surface area contributed by atoms with Crippen LogP contribution in [0.5, 0.6) is 11.8 Å². The first-order valence-electron chi connectivity index (χ1n) is 19.5. The molecule has 3 aromatic heterocycles. The van der Waals surface area contributed by atoms with Crippen LogP contribution in [0.25, 0.3) is 44.1 Å². The standard InChI is InChI=1S/C52H42N4O2/c1-3-33-55-35-17-31-45(55)48(43-29-15-25-37-19-11-13-27-41(37)43)57-51-47(39-21-7-5-8-22-39)52(54-50(53-51)40-23-9-6-10-24-40)58-49(46-32-18-36-56(46)34-4-2)44-30-16-26-38-20-12-14-28-42(38)44/h3-32,35-36,48-49H,1-2,33-34H2/t48-,49-/m0/s1. The highest BCUT2D eigenvalue weighted by Crippen LogP contribution is 2.44. The molecule has 0 aliphatic rings. The van der Waals surface area contributed by atoms with Gasteiger partial charge in [-0.05, 0) is 51.4 Å². The predicted molar refractivity (Wildman–Crippen MR) is 235 cm³/mol. The molecular weight excluding hydrogens is 713 g/mol. The number of hydrogen-bond acceptors (Lipinski definition) is 4. The molecule has 0 aliphatic carbocycles. The van der Waals surface area contributed by atoms with Gasteiger partial charge in [0.25, 0.3) is 0 Å². The number of hydrogen-bond donors (Lipinski definition) is 0. The van der Waals surface area contributed by atoms with E-state index in [0.717, 1.165) is 55.2 Å². The molecule has 0 saturated heterocycles. The van der Waals surface area contributed by atoms with E-state index < -0.39 is 12.2 Å². The van der Waals surface area contributed by atoms with Crippen molar-refractivity contribution in [2.45, 2.75) is 25.3 Å². The Morgan fingerprint density at radius 3 is 1.38 bits per heavy atom. The number of fused-ring (bicyclic) bond motifs is 2. The Kier molecular flexibility index (Phi) is 10.2. The summed E-state index contributed by atoms with van der Waals surface area (Å²) < 4.78 is 19.2. The zero-order valence-corrected chi connectivity index (χ0v) is 32.1. The molecule has 9 rings (SSSR count). The second-order valence-corrected chi connectivity index (χ2v) is 14.1. The Bertz CT molecular complexity index is 2690. The van der Waals surface area contributed by atoms with Crippen LogP contribution in [0, 0.1) is 0 Å². The quantitative estimate of drug-likeness (QED) is 0.104. The fourth-order valence-electron chi connectivity index (χ4n) is 7.85. The zero-order chi connectivity index (χ0) is 39.3. The minimum Gasteiger partial charge on any atom is -0.462 e. The molecule has 9 aromatic rings. The van der Waals surface area contributed by atoms with Crippen LogP contribution < -0.4 is 9.47 Å². The van der Waals surface area contributed by atoms with Crippen molar-refractivity contribution in [2.24, 2.45) is 0 Å². The fraction of sp³-hybridized carbons (Fsp3) is 0.0769. The van der Waals surface area contributed by atoms with Crippen molar-refractivity contribution in [1.82, 2.24) is 19.1 Å². The summed E-state index contributed by atoms with van der Waals surface area (Å²) in [5, 5.41) is 4.43. The molecule has 0 fully saturated rings. The summed E-state index contributed by atoms with van der Waals surface area (Å²) in [6.45, 7) is 9.34. The molecule has 58 heavy (non-hydrogen) atoms. The average molecular weight is 755 g/mol. The van der Waals surface area contributed by atoms with Crippen LogP contribution in [-0.2, 0) is 13.1 Å². The van der Waals surface area contributed by atoms with Gasteiger partial charge in [-0.2, -0.15) is 9.97 Å². The monoisotopic (exact) mass is 754 g/mol. The maximum Gasteiger partial charge on any atom is 0.230 e. The summed E-state index contributed by atoms with van der Waals surface area (Å²) in [4.78, 5) is 10.6. The van der Waals surface area contributed by atoms with E-state index in [-0.39, 0.29) is 0 Å². The van der Waals surface area contributed by atoms with Crippen LogP contribution in [0.3, 0.4) is 0 Å². The van der Waals surface area contributed by atoms with Gasteiger partial charge >= 0.3 is 0 Å². The topological polar surface area (TPSA) is 54.1 Å². The lowest BCUT2D eigenvalue weighted by Gasteiger charge is -2.27. The highest BCUT2D eigenvalue weighted by Gasteiger charge is 2.30. The molecule has 0 saturated carbocycles. The summed E-state index contributed by atoms with van der Waals surface area (Å²) in [7, 11) is 0. The van der Waals surface area contributed by atoms with Crippen molar-refractivity contribution in [1.29, 1.82) is 0 Å². The molecule has 0 N–H and O–H groups in total. The summed E-state index contributed by atoms with van der Waals surface area (Å²) in [5.74, 6) is 1.29. The van der Waals surface area contributed by atoms with Gasteiger partial charge in [0.05, 0.1) is 11.4 Å². The SMILES string of the molecule is C=CCn1cccc1[C@@H](Oc1nc(-c2ccccc2)nc(O[C@@H](c2cccc3ccccc23)c2cccn2CC=C)c1-c1ccccc1)c1cccc2ccccc12. The Labute approximate surface area is 338 Å². The lowest BCUT2D eigenvalue weighted by Crippen LogP contribution is -2.18. The second kappa shape index (κ2) is 16.3. The number of rotatable bonds is 14. The van der Waals surface area contributed by atoms with Gasteiger partial charge in [-0.3, -0.25) is 0 Å². The first kappa shape index (κ1) is 36.2. The smallest absolute Gasteiger partial charge is 0.230 e. The number of ether oxygens (including phenoxy) is 2. The second-order valence-electron chi connectivity index (χ2n) is 14.1. The van der Waals surface area contributed by atoms with Crippen LogP contribution in [0.15, 0.2) is 208 Å². The highest BCUT2D eigenvalue weighted by atomic mass is 16.5. The Hall–Kier alpha value is -7.44. The van der Waals surface area contributed by atoms with Crippen LogP contribution >= 0.6 is 0 Å². The minimum absolute atomic E-state index is 0.400. The fourth-order valence-corrected chi connectivity index (χ4v) is 7.85. The highest BCUT2D eigenvalue weighted by molar-refractivity contribution is 5.87.